The molecule has 0 spiro atoms. The van der Waals surface area contributed by atoms with E-state index in [1.807, 2.05) is 11.3 Å². The first-order valence-electron chi connectivity index (χ1n) is 8.13. The van der Waals surface area contributed by atoms with E-state index < -0.39 is 0 Å². The van der Waals surface area contributed by atoms with E-state index in [1.54, 1.807) is 7.11 Å². The number of methoxy groups -OCH3 is 1. The number of rotatable bonds is 8. The van der Waals surface area contributed by atoms with E-state index >= 15 is 0 Å². The number of likely N-dealkylation sites (tertiary alicyclic amines) is 1. The van der Waals surface area contributed by atoms with E-state index in [-0.39, 0.29) is 0 Å². The maximum absolute atomic E-state index is 5.08. The molecule has 1 aliphatic rings. The molecule has 0 aliphatic carbocycles. The second kappa shape index (κ2) is 9.82. The average molecular weight is 324 g/mol. The van der Waals surface area contributed by atoms with Crippen LogP contribution in [-0.2, 0) is 4.74 Å². The van der Waals surface area contributed by atoms with Crippen LogP contribution in [0.1, 0.15) is 30.7 Å². The molecule has 1 saturated heterocycles. The minimum Gasteiger partial charge on any atom is -0.383 e. The van der Waals surface area contributed by atoms with E-state index in [2.05, 4.69) is 40.0 Å². The van der Waals surface area contributed by atoms with Gasteiger partial charge in [0.2, 0.25) is 0 Å². The smallest absolute Gasteiger partial charge is 0.191 e. The van der Waals surface area contributed by atoms with Crippen molar-refractivity contribution >= 4 is 17.3 Å². The van der Waals surface area contributed by atoms with Gasteiger partial charge in [-0.15, -0.1) is 11.3 Å². The molecule has 2 heterocycles. The van der Waals surface area contributed by atoms with E-state index in [0.717, 1.165) is 25.6 Å². The van der Waals surface area contributed by atoms with Crippen LogP contribution < -0.4 is 10.6 Å². The summed E-state index contributed by atoms with van der Waals surface area (Å²) in [4.78, 5) is 8.77. The standard InChI is InChI=1S/C16H28N4OS/c1-3-17-16(18-8-11-21-2)19-13-14(15-7-6-12-22-15)20-9-4-5-10-20/h6-7,12,14H,3-5,8-11,13H2,1-2H3,(H2,17,18,19). The Morgan fingerprint density at radius 1 is 1.41 bits per heavy atom. The Labute approximate surface area is 137 Å². The molecule has 1 aliphatic heterocycles. The van der Waals surface area contributed by atoms with E-state index in [4.69, 9.17) is 9.73 Å². The molecule has 1 fully saturated rings. The van der Waals surface area contributed by atoms with Crippen molar-refractivity contribution in [3.63, 3.8) is 0 Å². The fourth-order valence-electron chi connectivity index (χ4n) is 2.71. The van der Waals surface area contributed by atoms with Gasteiger partial charge in [0.15, 0.2) is 5.96 Å². The molecule has 124 valence electrons. The summed E-state index contributed by atoms with van der Waals surface area (Å²) in [6.45, 7) is 7.58. The fourth-order valence-corrected chi connectivity index (χ4v) is 3.56. The van der Waals surface area contributed by atoms with Crippen molar-refractivity contribution in [1.29, 1.82) is 0 Å². The molecule has 22 heavy (non-hydrogen) atoms. The summed E-state index contributed by atoms with van der Waals surface area (Å²) >= 11 is 1.83. The molecule has 0 saturated carbocycles. The van der Waals surface area contributed by atoms with Crippen LogP contribution in [0.3, 0.4) is 0 Å². The lowest BCUT2D eigenvalue weighted by atomic mass is 10.2. The molecule has 0 radical (unpaired) electrons. The third kappa shape index (κ3) is 5.26. The van der Waals surface area contributed by atoms with Crippen molar-refractivity contribution in [3.05, 3.63) is 22.4 Å². The molecule has 5 nitrogen and oxygen atoms in total. The van der Waals surface area contributed by atoms with Crippen molar-refractivity contribution in [2.45, 2.75) is 25.8 Å². The lowest BCUT2D eigenvalue weighted by Gasteiger charge is -2.25. The number of nitrogens with one attached hydrogen (secondary N) is 2. The van der Waals surface area contributed by atoms with Crippen molar-refractivity contribution in [2.75, 3.05) is 46.4 Å². The number of thiophene rings is 1. The normalized spacial score (nSPS) is 17.6. The molecular formula is C16H28N4OS. The number of hydrogen-bond acceptors (Lipinski definition) is 4. The van der Waals surface area contributed by atoms with Crippen LogP contribution in [0.5, 0.6) is 0 Å². The summed E-state index contributed by atoms with van der Waals surface area (Å²) in [5.41, 5.74) is 0. The van der Waals surface area contributed by atoms with Crippen LogP contribution >= 0.6 is 11.3 Å². The molecular weight excluding hydrogens is 296 g/mol. The minimum atomic E-state index is 0.403. The first-order chi connectivity index (χ1) is 10.8. The largest absolute Gasteiger partial charge is 0.383 e. The quantitative estimate of drug-likeness (QED) is 0.437. The summed E-state index contributed by atoms with van der Waals surface area (Å²) in [6, 6.07) is 4.77. The van der Waals surface area contributed by atoms with Gasteiger partial charge in [-0.25, -0.2) is 0 Å². The molecule has 0 bridgehead atoms. The van der Waals surface area contributed by atoms with Crippen molar-refractivity contribution < 1.29 is 4.74 Å². The summed E-state index contributed by atoms with van der Waals surface area (Å²) in [6.07, 6.45) is 2.61. The zero-order chi connectivity index (χ0) is 15.6. The molecule has 2 N–H and O–H groups in total. The molecule has 2 rings (SSSR count). The zero-order valence-corrected chi connectivity index (χ0v) is 14.5. The number of ether oxygens (including phenoxy) is 1. The van der Waals surface area contributed by atoms with Crippen molar-refractivity contribution in [2.24, 2.45) is 4.99 Å². The highest BCUT2D eigenvalue weighted by Crippen LogP contribution is 2.28. The monoisotopic (exact) mass is 324 g/mol. The van der Waals surface area contributed by atoms with Gasteiger partial charge >= 0.3 is 0 Å². The van der Waals surface area contributed by atoms with Gasteiger partial charge < -0.3 is 15.4 Å². The van der Waals surface area contributed by atoms with Gasteiger partial charge in [0.25, 0.3) is 0 Å². The molecule has 1 aromatic heterocycles. The van der Waals surface area contributed by atoms with Gasteiger partial charge in [-0.3, -0.25) is 9.89 Å². The fraction of sp³-hybridized carbons (Fsp3) is 0.688. The lowest BCUT2D eigenvalue weighted by Crippen LogP contribution is -2.39. The molecule has 0 aromatic carbocycles. The minimum absolute atomic E-state index is 0.403. The Morgan fingerprint density at radius 2 is 2.23 bits per heavy atom. The molecule has 6 heteroatoms. The second-order valence-electron chi connectivity index (χ2n) is 5.41. The van der Waals surface area contributed by atoms with Crippen LogP contribution in [0.15, 0.2) is 22.5 Å². The number of hydrogen-bond donors (Lipinski definition) is 2. The Morgan fingerprint density at radius 3 is 2.86 bits per heavy atom. The second-order valence-corrected chi connectivity index (χ2v) is 6.39. The van der Waals surface area contributed by atoms with Gasteiger partial charge in [-0.05, 0) is 44.3 Å². The summed E-state index contributed by atoms with van der Waals surface area (Å²) in [5, 5.41) is 8.77. The third-order valence-electron chi connectivity index (χ3n) is 3.82. The van der Waals surface area contributed by atoms with E-state index in [9.17, 15) is 0 Å². The van der Waals surface area contributed by atoms with Crippen LogP contribution in [0, 0.1) is 0 Å². The van der Waals surface area contributed by atoms with Crippen LogP contribution in [0.2, 0.25) is 0 Å². The van der Waals surface area contributed by atoms with Crippen molar-refractivity contribution in [3.8, 4) is 0 Å². The summed E-state index contributed by atoms with van der Waals surface area (Å²) in [7, 11) is 1.71. The topological polar surface area (TPSA) is 48.9 Å². The van der Waals surface area contributed by atoms with Crippen LogP contribution in [0.4, 0.5) is 0 Å². The third-order valence-corrected chi connectivity index (χ3v) is 4.79. The highest BCUT2D eigenvalue weighted by Gasteiger charge is 2.24. The Hall–Kier alpha value is -1.11. The lowest BCUT2D eigenvalue weighted by molar-refractivity contribution is 0.203. The van der Waals surface area contributed by atoms with E-state index in [1.165, 1.54) is 30.8 Å². The van der Waals surface area contributed by atoms with E-state index in [0.29, 0.717) is 12.6 Å². The first-order valence-corrected chi connectivity index (χ1v) is 9.01. The maximum atomic E-state index is 5.08. The van der Waals surface area contributed by atoms with Gasteiger partial charge in [0.05, 0.1) is 19.2 Å². The summed E-state index contributed by atoms with van der Waals surface area (Å²) < 4.78 is 5.08. The van der Waals surface area contributed by atoms with Crippen LogP contribution in [-0.4, -0.2) is 57.3 Å². The maximum Gasteiger partial charge on any atom is 0.191 e. The van der Waals surface area contributed by atoms with Crippen molar-refractivity contribution in [1.82, 2.24) is 15.5 Å². The summed E-state index contributed by atoms with van der Waals surface area (Å²) in [5.74, 6) is 0.875. The zero-order valence-electron chi connectivity index (χ0n) is 13.7. The average Bonchev–Trinajstić information content (AvgIpc) is 3.21. The number of aliphatic imine (C=N–C) groups is 1. The Kier molecular flexibility index (Phi) is 7.70. The number of guanidine groups is 1. The number of nitrogens with zero attached hydrogens (tertiary/aromatic N) is 2. The predicted octanol–water partition coefficient (Wildman–Crippen LogP) is 2.09. The van der Waals surface area contributed by atoms with Crippen LogP contribution in [0.25, 0.3) is 0 Å². The molecule has 0 amide bonds. The first kappa shape index (κ1) is 17.2. The Balaban J connectivity index is 1.99. The van der Waals surface area contributed by atoms with Gasteiger partial charge in [0, 0.05) is 25.1 Å². The SMILES string of the molecule is CCNC(=NCC(c1cccs1)N1CCCC1)NCCOC. The van der Waals surface area contributed by atoms with Gasteiger partial charge in [-0.2, -0.15) is 0 Å². The molecule has 1 atom stereocenters. The molecule has 1 unspecified atom stereocenters. The molecule has 1 aromatic rings. The Bertz CT molecular complexity index is 429. The van der Waals surface area contributed by atoms with Gasteiger partial charge in [0.1, 0.15) is 0 Å². The highest BCUT2D eigenvalue weighted by atomic mass is 32.1. The predicted molar refractivity (Wildman–Crippen MR) is 93.7 cm³/mol. The highest BCUT2D eigenvalue weighted by molar-refractivity contribution is 7.10. The van der Waals surface area contributed by atoms with Gasteiger partial charge in [-0.1, -0.05) is 6.07 Å².